The first-order chi connectivity index (χ1) is 13.1. The SMILES string of the molecule is COc1cc(CNc2cc(Cl)ccc2Cl)ccc1OCc1ccccc1C. The fraction of sp³-hybridized carbons (Fsp3) is 0.182. The molecule has 0 unspecified atom stereocenters. The lowest BCUT2D eigenvalue weighted by molar-refractivity contribution is 0.283. The van der Waals surface area contributed by atoms with Crippen LogP contribution in [0.25, 0.3) is 0 Å². The van der Waals surface area contributed by atoms with Gasteiger partial charge in [-0.1, -0.05) is 53.5 Å². The molecule has 3 nitrogen and oxygen atoms in total. The molecule has 0 aliphatic carbocycles. The Morgan fingerprint density at radius 1 is 0.926 bits per heavy atom. The van der Waals surface area contributed by atoms with E-state index in [1.165, 1.54) is 5.56 Å². The van der Waals surface area contributed by atoms with E-state index in [9.17, 15) is 0 Å². The van der Waals surface area contributed by atoms with Gasteiger partial charge in [-0.05, 0) is 53.9 Å². The molecule has 0 atom stereocenters. The molecule has 0 heterocycles. The maximum Gasteiger partial charge on any atom is 0.161 e. The molecule has 27 heavy (non-hydrogen) atoms. The van der Waals surface area contributed by atoms with Gasteiger partial charge in [-0.3, -0.25) is 0 Å². The van der Waals surface area contributed by atoms with Crippen LogP contribution < -0.4 is 14.8 Å². The van der Waals surface area contributed by atoms with Gasteiger partial charge in [0, 0.05) is 11.6 Å². The lowest BCUT2D eigenvalue weighted by Gasteiger charge is -2.14. The highest BCUT2D eigenvalue weighted by Crippen LogP contribution is 2.30. The highest BCUT2D eigenvalue weighted by Gasteiger charge is 2.08. The van der Waals surface area contributed by atoms with Crippen molar-refractivity contribution in [3.63, 3.8) is 0 Å². The molecule has 0 radical (unpaired) electrons. The minimum atomic E-state index is 0.499. The molecule has 140 valence electrons. The van der Waals surface area contributed by atoms with Gasteiger partial charge in [-0.2, -0.15) is 0 Å². The van der Waals surface area contributed by atoms with Gasteiger partial charge >= 0.3 is 0 Å². The quantitative estimate of drug-likeness (QED) is 0.489. The van der Waals surface area contributed by atoms with E-state index >= 15 is 0 Å². The van der Waals surface area contributed by atoms with Crippen molar-refractivity contribution in [2.45, 2.75) is 20.1 Å². The number of benzene rings is 3. The van der Waals surface area contributed by atoms with E-state index in [1.54, 1.807) is 25.3 Å². The normalized spacial score (nSPS) is 10.5. The molecule has 0 saturated heterocycles. The minimum absolute atomic E-state index is 0.499. The zero-order valence-corrected chi connectivity index (χ0v) is 16.8. The molecule has 3 aromatic carbocycles. The van der Waals surface area contributed by atoms with Crippen molar-refractivity contribution in [1.82, 2.24) is 0 Å². The van der Waals surface area contributed by atoms with Crippen LogP contribution >= 0.6 is 23.2 Å². The largest absolute Gasteiger partial charge is 0.493 e. The van der Waals surface area contributed by atoms with Crippen LogP contribution in [0.1, 0.15) is 16.7 Å². The number of rotatable bonds is 7. The third-order valence-electron chi connectivity index (χ3n) is 4.28. The van der Waals surface area contributed by atoms with E-state index in [0.29, 0.717) is 34.7 Å². The van der Waals surface area contributed by atoms with Gasteiger partial charge in [0.15, 0.2) is 11.5 Å². The van der Waals surface area contributed by atoms with Crippen LogP contribution in [0.2, 0.25) is 10.0 Å². The smallest absolute Gasteiger partial charge is 0.161 e. The van der Waals surface area contributed by atoms with Crippen molar-refractivity contribution in [2.75, 3.05) is 12.4 Å². The van der Waals surface area contributed by atoms with Crippen LogP contribution in [0, 0.1) is 6.92 Å². The van der Waals surface area contributed by atoms with Gasteiger partial charge in [0.1, 0.15) is 6.61 Å². The first-order valence-electron chi connectivity index (χ1n) is 8.60. The Morgan fingerprint density at radius 3 is 2.52 bits per heavy atom. The molecule has 0 saturated carbocycles. The standard InChI is InChI=1S/C22H21Cl2NO2/c1-15-5-3-4-6-17(15)14-27-21-10-7-16(11-22(21)26-2)13-25-20-12-18(23)8-9-19(20)24/h3-12,25H,13-14H2,1-2H3. The van der Waals surface area contributed by atoms with Crippen LogP contribution in [0.4, 0.5) is 5.69 Å². The summed E-state index contributed by atoms with van der Waals surface area (Å²) in [6.07, 6.45) is 0. The van der Waals surface area contributed by atoms with Gasteiger partial charge in [-0.25, -0.2) is 0 Å². The van der Waals surface area contributed by atoms with E-state index in [-0.39, 0.29) is 0 Å². The molecule has 0 aromatic heterocycles. The van der Waals surface area contributed by atoms with Crippen LogP contribution in [-0.4, -0.2) is 7.11 Å². The third kappa shape index (κ3) is 5.09. The molecule has 0 amide bonds. The molecule has 0 aliphatic heterocycles. The number of halogens is 2. The molecule has 0 aliphatic rings. The van der Waals surface area contributed by atoms with Crippen LogP contribution in [-0.2, 0) is 13.2 Å². The lowest BCUT2D eigenvalue weighted by Crippen LogP contribution is -2.02. The zero-order chi connectivity index (χ0) is 19.2. The van der Waals surface area contributed by atoms with Crippen LogP contribution in [0.3, 0.4) is 0 Å². The minimum Gasteiger partial charge on any atom is -0.493 e. The van der Waals surface area contributed by atoms with Crippen molar-refractivity contribution in [1.29, 1.82) is 0 Å². The molecule has 0 bridgehead atoms. The van der Waals surface area contributed by atoms with Crippen molar-refractivity contribution in [3.05, 3.63) is 87.4 Å². The second-order valence-electron chi connectivity index (χ2n) is 6.18. The first-order valence-corrected chi connectivity index (χ1v) is 9.35. The Kier molecular flexibility index (Phi) is 6.49. The maximum absolute atomic E-state index is 6.19. The van der Waals surface area contributed by atoms with E-state index in [4.69, 9.17) is 32.7 Å². The third-order valence-corrected chi connectivity index (χ3v) is 4.85. The summed E-state index contributed by atoms with van der Waals surface area (Å²) in [5.74, 6) is 1.41. The van der Waals surface area contributed by atoms with E-state index in [2.05, 4.69) is 24.4 Å². The predicted molar refractivity (Wildman–Crippen MR) is 112 cm³/mol. The summed E-state index contributed by atoms with van der Waals surface area (Å²) in [4.78, 5) is 0. The Hall–Kier alpha value is -2.36. The lowest BCUT2D eigenvalue weighted by atomic mass is 10.1. The number of hydrogen-bond donors (Lipinski definition) is 1. The first kappa shape index (κ1) is 19.4. The van der Waals surface area contributed by atoms with E-state index in [1.807, 2.05) is 30.3 Å². The van der Waals surface area contributed by atoms with Gasteiger partial charge in [-0.15, -0.1) is 0 Å². The summed E-state index contributed by atoms with van der Waals surface area (Å²) in [5, 5.41) is 4.56. The predicted octanol–water partition coefficient (Wildman–Crippen LogP) is 6.50. The summed E-state index contributed by atoms with van der Waals surface area (Å²) in [5.41, 5.74) is 4.20. The zero-order valence-electron chi connectivity index (χ0n) is 15.3. The Morgan fingerprint density at radius 2 is 1.74 bits per heavy atom. The number of anilines is 1. The van der Waals surface area contributed by atoms with Gasteiger partial charge < -0.3 is 14.8 Å². The second-order valence-corrected chi connectivity index (χ2v) is 7.02. The average Bonchev–Trinajstić information content (AvgIpc) is 2.68. The number of ether oxygens (including phenoxy) is 2. The van der Waals surface area contributed by atoms with Gasteiger partial charge in [0.05, 0.1) is 17.8 Å². The fourth-order valence-electron chi connectivity index (χ4n) is 2.70. The van der Waals surface area contributed by atoms with Crippen molar-refractivity contribution in [3.8, 4) is 11.5 Å². The summed E-state index contributed by atoms with van der Waals surface area (Å²) in [7, 11) is 1.64. The number of hydrogen-bond acceptors (Lipinski definition) is 3. The van der Waals surface area contributed by atoms with Crippen molar-refractivity contribution < 1.29 is 9.47 Å². The Balaban J connectivity index is 1.68. The average molecular weight is 402 g/mol. The van der Waals surface area contributed by atoms with Gasteiger partial charge in [0.2, 0.25) is 0 Å². The van der Waals surface area contributed by atoms with Crippen LogP contribution in [0.15, 0.2) is 60.7 Å². The monoisotopic (exact) mass is 401 g/mol. The highest BCUT2D eigenvalue weighted by atomic mass is 35.5. The molecule has 3 rings (SSSR count). The van der Waals surface area contributed by atoms with Crippen molar-refractivity contribution >= 4 is 28.9 Å². The van der Waals surface area contributed by atoms with Gasteiger partial charge in [0.25, 0.3) is 0 Å². The molecule has 0 spiro atoms. The molecule has 3 aromatic rings. The van der Waals surface area contributed by atoms with Crippen molar-refractivity contribution in [2.24, 2.45) is 0 Å². The number of aryl methyl sites for hydroxylation is 1. The van der Waals surface area contributed by atoms with E-state index < -0.39 is 0 Å². The molecule has 5 heteroatoms. The molecular formula is C22H21Cl2NO2. The maximum atomic E-state index is 6.19. The Labute approximate surface area is 169 Å². The van der Waals surface area contributed by atoms with E-state index in [0.717, 1.165) is 16.8 Å². The van der Waals surface area contributed by atoms with Crippen LogP contribution in [0.5, 0.6) is 11.5 Å². The molecule has 1 N–H and O–H groups in total. The molecule has 0 fully saturated rings. The summed E-state index contributed by atoms with van der Waals surface area (Å²) >= 11 is 12.2. The molecular weight excluding hydrogens is 381 g/mol. The summed E-state index contributed by atoms with van der Waals surface area (Å²) in [6, 6.07) is 19.4. The highest BCUT2D eigenvalue weighted by molar-refractivity contribution is 6.35. The number of methoxy groups -OCH3 is 1. The fourth-order valence-corrected chi connectivity index (χ4v) is 3.06. The summed E-state index contributed by atoms with van der Waals surface area (Å²) < 4.78 is 11.5. The summed E-state index contributed by atoms with van der Waals surface area (Å²) in [6.45, 7) is 3.17. The topological polar surface area (TPSA) is 30.5 Å². The Bertz CT molecular complexity index is 928. The second kappa shape index (κ2) is 9.03. The number of nitrogens with one attached hydrogen (secondary N) is 1.